The van der Waals surface area contributed by atoms with Gasteiger partial charge in [-0.05, 0) is 36.8 Å². The molecule has 10 heteroatoms. The third kappa shape index (κ3) is 5.28. The second-order valence-corrected chi connectivity index (χ2v) is 7.56. The third-order valence-electron chi connectivity index (χ3n) is 3.80. The highest BCUT2D eigenvalue weighted by Crippen LogP contribution is 2.16. The molecule has 4 N–H and O–H groups in total. The van der Waals surface area contributed by atoms with Crippen LogP contribution in [-0.4, -0.2) is 45.6 Å². The number of ether oxygens (including phenoxy) is 1. The first-order chi connectivity index (χ1) is 13.3. The fourth-order valence-electron chi connectivity index (χ4n) is 2.29. The molecule has 0 fully saturated rings. The number of hydrogen-bond acceptors (Lipinski definition) is 6. The Morgan fingerprint density at radius 3 is 2.32 bits per heavy atom. The fourth-order valence-corrected chi connectivity index (χ4v) is 3.33. The number of aryl methyl sites for hydroxylation is 1. The summed E-state index contributed by atoms with van der Waals surface area (Å²) in [7, 11) is -2.37. The summed E-state index contributed by atoms with van der Waals surface area (Å²) in [4.78, 5) is 24.4. The summed E-state index contributed by atoms with van der Waals surface area (Å²) in [5.41, 5.74) is 4.98. The Bertz CT molecular complexity index is 975. The fraction of sp³-hybridized carbons (Fsp3) is 0.222. The molecule has 9 nitrogen and oxygen atoms in total. The lowest BCUT2D eigenvalue weighted by Crippen LogP contribution is -2.42. The number of phenols is 1. The van der Waals surface area contributed by atoms with Crippen molar-refractivity contribution in [1.29, 1.82) is 0 Å². The van der Waals surface area contributed by atoms with Crippen molar-refractivity contribution in [3.63, 3.8) is 0 Å². The molecule has 0 atom stereocenters. The van der Waals surface area contributed by atoms with E-state index in [4.69, 9.17) is 4.74 Å². The lowest BCUT2D eigenvalue weighted by molar-refractivity contribution is 0.0844. The maximum absolute atomic E-state index is 12.4. The number of para-hydroxylation sites is 1. The Hall–Kier alpha value is -2.95. The Labute approximate surface area is 162 Å². The van der Waals surface area contributed by atoms with Crippen LogP contribution in [-0.2, 0) is 14.8 Å². The van der Waals surface area contributed by atoms with Crippen LogP contribution >= 0.6 is 0 Å². The quantitative estimate of drug-likeness (QED) is 0.394. The molecule has 0 radical (unpaired) electrons. The Morgan fingerprint density at radius 2 is 1.68 bits per heavy atom. The number of carbonyl (C=O) groups is 2. The minimum Gasteiger partial charge on any atom is -0.507 e. The van der Waals surface area contributed by atoms with Gasteiger partial charge in [0.15, 0.2) is 0 Å². The summed E-state index contributed by atoms with van der Waals surface area (Å²) in [5.74, 6) is -1.65. The first-order valence-corrected chi connectivity index (χ1v) is 9.72. The second-order valence-electron chi connectivity index (χ2n) is 5.79. The van der Waals surface area contributed by atoms with Gasteiger partial charge in [-0.15, -0.1) is 0 Å². The molecule has 0 spiro atoms. The number of aromatic hydroxyl groups is 1. The van der Waals surface area contributed by atoms with E-state index in [0.717, 1.165) is 0 Å². The SMILES string of the molecule is COCCNS(=O)(=O)c1ccc(C)c(C(=O)NNC(=O)c2ccccc2O)c1. The van der Waals surface area contributed by atoms with E-state index in [1.807, 2.05) is 0 Å². The van der Waals surface area contributed by atoms with E-state index in [1.165, 1.54) is 37.4 Å². The van der Waals surface area contributed by atoms with Crippen LogP contribution in [0.3, 0.4) is 0 Å². The molecular formula is C18H21N3O6S. The van der Waals surface area contributed by atoms with E-state index in [2.05, 4.69) is 15.6 Å². The molecular weight excluding hydrogens is 386 g/mol. The van der Waals surface area contributed by atoms with Crippen molar-refractivity contribution >= 4 is 21.8 Å². The van der Waals surface area contributed by atoms with Gasteiger partial charge in [-0.2, -0.15) is 0 Å². The molecule has 0 aliphatic carbocycles. The Kier molecular flexibility index (Phi) is 7.10. The molecule has 0 unspecified atom stereocenters. The number of amides is 2. The van der Waals surface area contributed by atoms with Gasteiger partial charge in [0, 0.05) is 19.2 Å². The highest BCUT2D eigenvalue weighted by molar-refractivity contribution is 7.89. The van der Waals surface area contributed by atoms with Gasteiger partial charge in [0.2, 0.25) is 10.0 Å². The first kappa shape index (κ1) is 21.4. The standard InChI is InChI=1S/C18H21N3O6S/c1-12-7-8-13(28(25,26)19-9-10-27-2)11-15(12)18(24)21-20-17(23)14-5-3-4-6-16(14)22/h3-8,11,19,22H,9-10H2,1-2H3,(H,20,23)(H,21,24). The lowest BCUT2D eigenvalue weighted by Gasteiger charge is -2.12. The molecule has 0 heterocycles. The summed E-state index contributed by atoms with van der Waals surface area (Å²) >= 11 is 0. The number of carbonyl (C=O) groups excluding carboxylic acids is 2. The Morgan fingerprint density at radius 1 is 1.04 bits per heavy atom. The van der Waals surface area contributed by atoms with Crippen LogP contribution in [0, 0.1) is 6.92 Å². The van der Waals surface area contributed by atoms with Gasteiger partial charge < -0.3 is 9.84 Å². The van der Waals surface area contributed by atoms with Crippen molar-refractivity contribution in [1.82, 2.24) is 15.6 Å². The van der Waals surface area contributed by atoms with Crippen LogP contribution in [0.25, 0.3) is 0 Å². The summed E-state index contributed by atoms with van der Waals surface area (Å²) < 4.78 is 31.7. The normalized spacial score (nSPS) is 11.1. The van der Waals surface area contributed by atoms with E-state index >= 15 is 0 Å². The number of nitrogens with one attached hydrogen (secondary N) is 3. The molecule has 0 bridgehead atoms. The van der Waals surface area contributed by atoms with Gasteiger partial charge in [0.25, 0.3) is 11.8 Å². The van der Waals surface area contributed by atoms with E-state index in [1.54, 1.807) is 19.1 Å². The van der Waals surface area contributed by atoms with Crippen molar-refractivity contribution in [2.75, 3.05) is 20.3 Å². The molecule has 28 heavy (non-hydrogen) atoms. The summed E-state index contributed by atoms with van der Waals surface area (Å²) in [6, 6.07) is 9.93. The van der Waals surface area contributed by atoms with Crippen molar-refractivity contribution in [3.8, 4) is 5.75 Å². The van der Waals surface area contributed by atoms with Gasteiger partial charge in [-0.3, -0.25) is 20.4 Å². The lowest BCUT2D eigenvalue weighted by atomic mass is 10.1. The number of sulfonamides is 1. The highest BCUT2D eigenvalue weighted by atomic mass is 32.2. The molecule has 0 aliphatic rings. The van der Waals surface area contributed by atoms with E-state index in [-0.39, 0.29) is 34.9 Å². The Balaban J connectivity index is 2.13. The minimum atomic E-state index is -3.82. The van der Waals surface area contributed by atoms with E-state index in [9.17, 15) is 23.1 Å². The second kappa shape index (κ2) is 9.31. The zero-order chi connectivity index (χ0) is 20.7. The summed E-state index contributed by atoms with van der Waals surface area (Å²) in [5, 5.41) is 9.67. The number of methoxy groups -OCH3 is 1. The molecule has 150 valence electrons. The molecule has 2 rings (SSSR count). The largest absolute Gasteiger partial charge is 0.507 e. The van der Waals surface area contributed by atoms with Crippen LogP contribution < -0.4 is 15.6 Å². The van der Waals surface area contributed by atoms with E-state index < -0.39 is 21.8 Å². The van der Waals surface area contributed by atoms with Crippen LogP contribution in [0.1, 0.15) is 26.3 Å². The molecule has 2 aromatic rings. The number of hydrazine groups is 1. The first-order valence-electron chi connectivity index (χ1n) is 8.24. The van der Waals surface area contributed by atoms with Crippen molar-refractivity contribution in [2.24, 2.45) is 0 Å². The number of phenolic OH excluding ortho intramolecular Hbond substituents is 1. The predicted molar refractivity (Wildman–Crippen MR) is 101 cm³/mol. The number of benzene rings is 2. The van der Waals surface area contributed by atoms with Crippen LogP contribution in [0.5, 0.6) is 5.75 Å². The predicted octanol–water partition coefficient (Wildman–Crippen LogP) is 0.700. The van der Waals surface area contributed by atoms with Crippen molar-refractivity contribution < 1.29 is 27.9 Å². The monoisotopic (exact) mass is 407 g/mol. The average molecular weight is 407 g/mol. The van der Waals surface area contributed by atoms with Gasteiger partial charge in [0.05, 0.1) is 17.1 Å². The van der Waals surface area contributed by atoms with E-state index in [0.29, 0.717) is 5.56 Å². The molecule has 0 saturated heterocycles. The molecule has 0 aromatic heterocycles. The smallest absolute Gasteiger partial charge is 0.273 e. The van der Waals surface area contributed by atoms with Crippen LogP contribution in [0.4, 0.5) is 0 Å². The maximum atomic E-state index is 12.4. The molecule has 0 aliphatic heterocycles. The maximum Gasteiger partial charge on any atom is 0.273 e. The third-order valence-corrected chi connectivity index (χ3v) is 5.26. The van der Waals surface area contributed by atoms with Gasteiger partial charge in [0.1, 0.15) is 5.75 Å². The zero-order valence-corrected chi connectivity index (χ0v) is 16.2. The number of hydrogen-bond donors (Lipinski definition) is 4. The minimum absolute atomic E-state index is 0.0156. The van der Waals surface area contributed by atoms with Gasteiger partial charge in [-0.1, -0.05) is 18.2 Å². The highest BCUT2D eigenvalue weighted by Gasteiger charge is 2.18. The topological polar surface area (TPSA) is 134 Å². The number of rotatable bonds is 7. The van der Waals surface area contributed by atoms with Crippen LogP contribution in [0.2, 0.25) is 0 Å². The molecule has 0 saturated carbocycles. The molecule has 2 amide bonds. The van der Waals surface area contributed by atoms with Gasteiger partial charge in [-0.25, -0.2) is 13.1 Å². The summed E-state index contributed by atoms with van der Waals surface area (Å²) in [6.45, 7) is 1.93. The van der Waals surface area contributed by atoms with Crippen LogP contribution in [0.15, 0.2) is 47.4 Å². The van der Waals surface area contributed by atoms with Crippen molar-refractivity contribution in [3.05, 3.63) is 59.2 Å². The average Bonchev–Trinajstić information content (AvgIpc) is 2.66. The van der Waals surface area contributed by atoms with Gasteiger partial charge >= 0.3 is 0 Å². The molecule has 2 aromatic carbocycles. The van der Waals surface area contributed by atoms with Crippen molar-refractivity contribution in [2.45, 2.75) is 11.8 Å². The zero-order valence-electron chi connectivity index (χ0n) is 15.4. The summed E-state index contributed by atoms with van der Waals surface area (Å²) in [6.07, 6.45) is 0.